The minimum atomic E-state index is -1.30. The molecule has 1 fully saturated rings. The van der Waals surface area contributed by atoms with Gasteiger partial charge in [0.15, 0.2) is 0 Å². The highest BCUT2D eigenvalue weighted by molar-refractivity contribution is 6.32. The minimum absolute atomic E-state index is 0.277. The summed E-state index contributed by atoms with van der Waals surface area (Å²) in [5, 5.41) is 10.9. The summed E-state index contributed by atoms with van der Waals surface area (Å²) in [6.07, 6.45) is 0.277. The van der Waals surface area contributed by atoms with Gasteiger partial charge in [0.05, 0.1) is 10.7 Å². The first-order valence-electron chi connectivity index (χ1n) is 9.67. The van der Waals surface area contributed by atoms with E-state index in [1.807, 2.05) is 0 Å². The molecule has 1 aromatic heterocycles. The van der Waals surface area contributed by atoms with Crippen LogP contribution in [0.3, 0.4) is 0 Å². The van der Waals surface area contributed by atoms with E-state index in [4.69, 9.17) is 11.6 Å². The molecule has 1 atom stereocenters. The van der Waals surface area contributed by atoms with Crippen molar-refractivity contribution in [2.45, 2.75) is 25.4 Å². The Balaban J connectivity index is 1.52. The number of rotatable bonds is 6. The van der Waals surface area contributed by atoms with Crippen LogP contribution in [0.2, 0.25) is 5.02 Å². The molecule has 1 unspecified atom stereocenters. The van der Waals surface area contributed by atoms with Crippen molar-refractivity contribution >= 4 is 29.4 Å². The standard InChI is InChI=1S/C20H18ClN7O4/c1-2-20(13-8-4-3-5-9-13)17(30)28(18(31)22-20)23-16(29)12-26-19(32)27(25-24-26)15-11-7-6-10-14(15)21/h3-11H,2,12H2,1H3,(H,22,31)(H,23,29). The lowest BCUT2D eigenvalue weighted by Crippen LogP contribution is -2.49. The van der Waals surface area contributed by atoms with Gasteiger partial charge in [-0.25, -0.2) is 9.59 Å². The summed E-state index contributed by atoms with van der Waals surface area (Å²) in [6, 6.07) is 14.5. The van der Waals surface area contributed by atoms with Crippen LogP contribution in [0.4, 0.5) is 4.79 Å². The Morgan fingerprint density at radius 1 is 1.06 bits per heavy atom. The van der Waals surface area contributed by atoms with Crippen molar-refractivity contribution in [3.63, 3.8) is 0 Å². The molecule has 0 spiro atoms. The minimum Gasteiger partial charge on any atom is -0.318 e. The Hall–Kier alpha value is -3.99. The number of para-hydroxylation sites is 1. The molecule has 1 aliphatic heterocycles. The normalized spacial score (nSPS) is 18.0. The molecule has 0 bridgehead atoms. The topological polar surface area (TPSA) is 131 Å². The van der Waals surface area contributed by atoms with Crippen molar-refractivity contribution in [1.29, 1.82) is 0 Å². The Labute approximate surface area is 186 Å². The Morgan fingerprint density at radius 2 is 1.75 bits per heavy atom. The van der Waals surface area contributed by atoms with Gasteiger partial charge in [0.2, 0.25) is 0 Å². The first-order valence-corrected chi connectivity index (χ1v) is 10.0. The van der Waals surface area contributed by atoms with Crippen molar-refractivity contribution in [3.05, 3.63) is 75.7 Å². The fraction of sp³-hybridized carbons (Fsp3) is 0.200. The summed E-state index contributed by atoms with van der Waals surface area (Å²) in [5.41, 5.74) is 1.13. The number of carbonyl (C=O) groups excluding carboxylic acids is 3. The van der Waals surface area contributed by atoms with Crippen LogP contribution in [-0.4, -0.2) is 42.6 Å². The molecule has 1 saturated heterocycles. The van der Waals surface area contributed by atoms with Gasteiger partial charge in [-0.05, 0) is 34.5 Å². The van der Waals surface area contributed by atoms with E-state index in [1.54, 1.807) is 61.5 Å². The third-order valence-electron chi connectivity index (χ3n) is 5.14. The Kier molecular flexibility index (Phi) is 5.49. The van der Waals surface area contributed by atoms with Gasteiger partial charge in [0.1, 0.15) is 12.1 Å². The predicted molar refractivity (Wildman–Crippen MR) is 113 cm³/mol. The Bertz CT molecular complexity index is 1260. The summed E-state index contributed by atoms with van der Waals surface area (Å²) in [6.45, 7) is 1.19. The lowest BCUT2D eigenvalue weighted by atomic mass is 9.87. The van der Waals surface area contributed by atoms with Gasteiger partial charge in [0.25, 0.3) is 11.8 Å². The lowest BCUT2D eigenvalue weighted by Gasteiger charge is -2.25. The zero-order valence-corrected chi connectivity index (χ0v) is 17.6. The van der Waals surface area contributed by atoms with E-state index in [-0.39, 0.29) is 11.4 Å². The van der Waals surface area contributed by atoms with Crippen LogP contribution in [0.1, 0.15) is 18.9 Å². The van der Waals surface area contributed by atoms with E-state index in [2.05, 4.69) is 21.2 Å². The summed E-state index contributed by atoms with van der Waals surface area (Å²) < 4.78 is 1.74. The third kappa shape index (κ3) is 3.52. The smallest absolute Gasteiger partial charge is 0.318 e. The van der Waals surface area contributed by atoms with Crippen molar-refractivity contribution in [3.8, 4) is 5.69 Å². The van der Waals surface area contributed by atoms with Crippen LogP contribution in [-0.2, 0) is 21.7 Å². The molecule has 12 heteroatoms. The molecule has 4 rings (SSSR count). The van der Waals surface area contributed by atoms with E-state index in [0.29, 0.717) is 16.3 Å². The van der Waals surface area contributed by atoms with Gasteiger partial charge in [-0.3, -0.25) is 15.0 Å². The maximum absolute atomic E-state index is 13.1. The maximum Gasteiger partial charge on any atom is 0.369 e. The summed E-state index contributed by atoms with van der Waals surface area (Å²) in [5.74, 6) is -1.43. The molecule has 2 aromatic carbocycles. The number of tetrazole rings is 1. The fourth-order valence-corrected chi connectivity index (χ4v) is 3.70. The highest BCUT2D eigenvalue weighted by atomic mass is 35.5. The van der Waals surface area contributed by atoms with Gasteiger partial charge in [-0.15, -0.1) is 0 Å². The number of urea groups is 1. The molecular weight excluding hydrogens is 438 g/mol. The van der Waals surface area contributed by atoms with Crippen molar-refractivity contribution in [1.82, 2.24) is 35.5 Å². The van der Waals surface area contributed by atoms with Crippen LogP contribution in [0, 0.1) is 0 Å². The maximum atomic E-state index is 13.1. The van der Waals surface area contributed by atoms with Crippen LogP contribution in [0.25, 0.3) is 5.69 Å². The Morgan fingerprint density at radius 3 is 2.44 bits per heavy atom. The van der Waals surface area contributed by atoms with Crippen molar-refractivity contribution in [2.24, 2.45) is 0 Å². The number of hydrazine groups is 1. The molecule has 32 heavy (non-hydrogen) atoms. The van der Waals surface area contributed by atoms with E-state index in [9.17, 15) is 19.2 Å². The number of hydrogen-bond donors (Lipinski definition) is 2. The zero-order valence-electron chi connectivity index (χ0n) is 16.9. The second-order valence-corrected chi connectivity index (χ2v) is 7.42. The second-order valence-electron chi connectivity index (χ2n) is 7.01. The van der Waals surface area contributed by atoms with Gasteiger partial charge in [-0.2, -0.15) is 14.4 Å². The summed E-state index contributed by atoms with van der Waals surface area (Å²) in [7, 11) is 0. The van der Waals surface area contributed by atoms with E-state index in [1.165, 1.54) is 0 Å². The number of carbonyl (C=O) groups is 3. The molecule has 2 heterocycles. The number of benzene rings is 2. The largest absolute Gasteiger partial charge is 0.369 e. The molecule has 11 nitrogen and oxygen atoms in total. The number of amides is 4. The first-order chi connectivity index (χ1) is 15.4. The van der Waals surface area contributed by atoms with Crippen molar-refractivity contribution < 1.29 is 14.4 Å². The molecule has 0 saturated carbocycles. The van der Waals surface area contributed by atoms with Gasteiger partial charge < -0.3 is 5.32 Å². The summed E-state index contributed by atoms with van der Waals surface area (Å²) in [4.78, 5) is 50.6. The number of nitrogens with zero attached hydrogens (tertiary/aromatic N) is 5. The molecule has 0 radical (unpaired) electrons. The van der Waals surface area contributed by atoms with Gasteiger partial charge in [-0.1, -0.05) is 61.0 Å². The number of aromatic nitrogens is 4. The number of imide groups is 1. The predicted octanol–water partition coefficient (Wildman–Crippen LogP) is 0.971. The van der Waals surface area contributed by atoms with E-state index in [0.717, 1.165) is 9.36 Å². The van der Waals surface area contributed by atoms with Gasteiger partial charge in [0, 0.05) is 0 Å². The van der Waals surface area contributed by atoms with Crippen LogP contribution >= 0.6 is 11.6 Å². The molecule has 4 amide bonds. The van der Waals surface area contributed by atoms with Crippen LogP contribution in [0.15, 0.2) is 59.4 Å². The molecular formula is C20H18ClN7O4. The number of hydrogen-bond acceptors (Lipinski definition) is 6. The van der Waals surface area contributed by atoms with Crippen LogP contribution in [0.5, 0.6) is 0 Å². The fourth-order valence-electron chi connectivity index (χ4n) is 3.48. The second kappa shape index (κ2) is 8.27. The molecule has 164 valence electrons. The average Bonchev–Trinajstić information content (AvgIpc) is 3.27. The lowest BCUT2D eigenvalue weighted by molar-refractivity contribution is -0.139. The number of halogens is 1. The highest BCUT2D eigenvalue weighted by Gasteiger charge is 2.52. The molecule has 1 aliphatic rings. The average molecular weight is 456 g/mol. The van der Waals surface area contributed by atoms with E-state index < -0.39 is 35.6 Å². The number of nitrogens with one attached hydrogen (secondary N) is 2. The van der Waals surface area contributed by atoms with Crippen LogP contribution < -0.4 is 16.4 Å². The molecule has 2 N–H and O–H groups in total. The molecule has 3 aromatic rings. The zero-order chi connectivity index (χ0) is 22.9. The van der Waals surface area contributed by atoms with Crippen molar-refractivity contribution in [2.75, 3.05) is 0 Å². The quantitative estimate of drug-likeness (QED) is 0.532. The third-order valence-corrected chi connectivity index (χ3v) is 5.46. The summed E-state index contributed by atoms with van der Waals surface area (Å²) >= 11 is 6.08. The SMILES string of the molecule is CCC1(c2ccccc2)NC(=O)N(NC(=O)Cn2nnn(-c3ccccc3Cl)c2=O)C1=O. The highest BCUT2D eigenvalue weighted by Crippen LogP contribution is 2.31. The van der Waals surface area contributed by atoms with Gasteiger partial charge >= 0.3 is 11.7 Å². The molecule has 0 aliphatic carbocycles. The van der Waals surface area contributed by atoms with E-state index >= 15 is 0 Å². The monoisotopic (exact) mass is 455 g/mol. The first kappa shape index (κ1) is 21.2.